The van der Waals surface area contributed by atoms with Crippen molar-refractivity contribution in [2.24, 2.45) is 17.6 Å². The second-order valence-corrected chi connectivity index (χ2v) is 24.1. The summed E-state index contributed by atoms with van der Waals surface area (Å²) in [7, 11) is 3.19. The van der Waals surface area contributed by atoms with Crippen molar-refractivity contribution < 1.29 is 71.8 Å². The van der Waals surface area contributed by atoms with Crippen molar-refractivity contribution in [3.8, 4) is 45.5 Å². The van der Waals surface area contributed by atoms with Gasteiger partial charge in [-0.1, -0.05) is 72.8 Å². The first-order valence-corrected chi connectivity index (χ1v) is 29.6. The number of nitrogens with zero attached hydrogens (tertiary/aromatic N) is 4. The number of hydrogen-bond acceptors (Lipinski definition) is 17. The lowest BCUT2D eigenvalue weighted by atomic mass is 10.1. The Balaban J connectivity index is 0.000000201. The van der Waals surface area contributed by atoms with Gasteiger partial charge in [0.2, 0.25) is 5.91 Å². The monoisotopic (exact) mass is 1220 g/mol. The molecule has 4 N–H and O–H groups in total. The summed E-state index contributed by atoms with van der Waals surface area (Å²) in [5, 5.41) is 14.1. The maximum Gasteiger partial charge on any atom is 0.411 e. The van der Waals surface area contributed by atoms with Crippen molar-refractivity contribution >= 4 is 57.8 Å². The zero-order valence-electron chi connectivity index (χ0n) is 52.1. The summed E-state index contributed by atoms with van der Waals surface area (Å²) in [4.78, 5) is 87.9. The standard InChI is InChI=1S/C34H39N3O7.C26H28N2O6.C8H13NO2/c1-7-22-19-34(22,31(39)42-8-2)36-30(38)28-17-24(20-37(28)32(40)44-33(3,4)5)43-29-18-26(21-12-10-9-11-13-21)35-27-16-23(41-6)14-15-25(27)29;1-26(2,3)34-25(31)28-15-18(13-22(28)24(29)30)33-23-14-20(16-8-6-5-7-9-16)27-21-12-17(32-4)10-11-19(21)23;1-3-6-5-8(6,9)7(10)11-4-2/h7,9-16,18,22,24,28H,1,8,17,19-20H2,2-6H3,(H,36,38);5-12,14,18,22H,13,15H2,1-4H3,(H,29,30);3,6H,1,4-5,9H2,2H3/t22-,24-,28+,34-;18-,22+;6-,8-/m111/s1. The minimum absolute atomic E-state index is 0.102. The molecule has 2 saturated heterocycles. The van der Waals surface area contributed by atoms with Crippen LogP contribution in [-0.4, -0.2) is 148 Å². The van der Waals surface area contributed by atoms with Crippen LogP contribution in [0.25, 0.3) is 44.3 Å². The second-order valence-electron chi connectivity index (χ2n) is 24.1. The van der Waals surface area contributed by atoms with E-state index in [1.54, 1.807) is 81.8 Å². The zero-order valence-corrected chi connectivity index (χ0v) is 52.1. The number of carboxylic acids is 1. The topological polar surface area (TPSA) is 267 Å². The molecule has 472 valence electrons. The molecule has 2 aliphatic heterocycles. The maximum absolute atomic E-state index is 13.8. The number of aliphatic carboxylic acids is 1. The van der Waals surface area contributed by atoms with Gasteiger partial charge in [0.05, 0.1) is 62.9 Å². The highest BCUT2D eigenvalue weighted by Crippen LogP contribution is 2.46. The number of fused-ring (bicyclic) bond motifs is 2. The van der Waals surface area contributed by atoms with Crippen LogP contribution in [0.15, 0.2) is 135 Å². The highest BCUT2D eigenvalue weighted by Gasteiger charge is 2.62. The molecule has 4 fully saturated rings. The normalized spacial score (nSPS) is 22.4. The Morgan fingerprint density at radius 1 is 0.629 bits per heavy atom. The molecular weight excluding hydrogens is 1140 g/mol. The number of carbonyl (C=O) groups is 6. The quantitative estimate of drug-likeness (QED) is 0.0435. The van der Waals surface area contributed by atoms with Gasteiger partial charge in [0, 0.05) is 70.8 Å². The van der Waals surface area contributed by atoms with Gasteiger partial charge in [-0.15, -0.1) is 13.2 Å². The van der Waals surface area contributed by atoms with E-state index in [1.807, 2.05) is 109 Å². The fraction of sp³-hybridized carbons (Fsp3) is 0.412. The molecule has 4 aromatic carbocycles. The van der Waals surface area contributed by atoms with Gasteiger partial charge >= 0.3 is 30.1 Å². The van der Waals surface area contributed by atoms with Crippen molar-refractivity contribution in [3.05, 3.63) is 135 Å². The molecule has 6 aromatic rings. The van der Waals surface area contributed by atoms with E-state index >= 15 is 0 Å². The van der Waals surface area contributed by atoms with Crippen LogP contribution < -0.4 is 30.0 Å². The predicted octanol–water partition coefficient (Wildman–Crippen LogP) is 10.5. The Hall–Kier alpha value is -9.24. The Morgan fingerprint density at radius 3 is 1.46 bits per heavy atom. The van der Waals surface area contributed by atoms with Gasteiger partial charge in [0.1, 0.15) is 69.6 Å². The van der Waals surface area contributed by atoms with E-state index < -0.39 is 76.6 Å². The number of aromatic nitrogens is 2. The fourth-order valence-corrected chi connectivity index (χ4v) is 10.6. The smallest absolute Gasteiger partial charge is 0.411 e. The Bertz CT molecular complexity index is 3590. The number of pyridine rings is 2. The van der Waals surface area contributed by atoms with Crippen molar-refractivity contribution in [3.63, 3.8) is 0 Å². The fourth-order valence-electron chi connectivity index (χ4n) is 10.6. The largest absolute Gasteiger partial charge is 0.497 e. The molecular formula is C68H80N6O15. The van der Waals surface area contributed by atoms with Gasteiger partial charge in [-0.05, 0) is 92.5 Å². The highest BCUT2D eigenvalue weighted by atomic mass is 16.6. The van der Waals surface area contributed by atoms with Gasteiger partial charge in [0.25, 0.3) is 0 Å². The van der Waals surface area contributed by atoms with E-state index in [4.69, 9.17) is 53.6 Å². The van der Waals surface area contributed by atoms with E-state index in [-0.39, 0.29) is 50.3 Å². The molecule has 2 aliphatic carbocycles. The number of rotatable bonds is 17. The summed E-state index contributed by atoms with van der Waals surface area (Å²) < 4.78 is 44.8. The van der Waals surface area contributed by atoms with Gasteiger partial charge < -0.3 is 54.1 Å². The van der Waals surface area contributed by atoms with E-state index in [9.17, 15) is 33.9 Å². The number of nitrogens with one attached hydrogen (secondary N) is 1. The average molecular weight is 1220 g/mol. The molecule has 8 atom stereocenters. The van der Waals surface area contributed by atoms with Crippen LogP contribution in [0.1, 0.15) is 81.1 Å². The van der Waals surface area contributed by atoms with Gasteiger partial charge in [-0.3, -0.25) is 19.4 Å². The summed E-state index contributed by atoms with van der Waals surface area (Å²) in [6.07, 6.45) is 2.35. The van der Waals surface area contributed by atoms with E-state index in [0.29, 0.717) is 64.9 Å². The van der Waals surface area contributed by atoms with Crippen LogP contribution in [0, 0.1) is 11.8 Å². The number of esters is 2. The number of ether oxygens (including phenoxy) is 8. The number of hydrogen-bond donors (Lipinski definition) is 3. The minimum atomic E-state index is -1.20. The number of methoxy groups -OCH3 is 2. The molecule has 2 saturated carbocycles. The highest BCUT2D eigenvalue weighted by molar-refractivity contribution is 5.95. The van der Waals surface area contributed by atoms with E-state index in [0.717, 1.165) is 21.9 Å². The minimum Gasteiger partial charge on any atom is -0.497 e. The van der Waals surface area contributed by atoms with Crippen LogP contribution in [-0.2, 0) is 38.1 Å². The first-order chi connectivity index (χ1) is 42.3. The molecule has 4 aliphatic rings. The predicted molar refractivity (Wildman–Crippen MR) is 334 cm³/mol. The van der Waals surface area contributed by atoms with Gasteiger partial charge in [-0.2, -0.15) is 0 Å². The third-order valence-electron chi connectivity index (χ3n) is 15.3. The Morgan fingerprint density at radius 2 is 1.07 bits per heavy atom. The first-order valence-electron chi connectivity index (χ1n) is 29.6. The van der Waals surface area contributed by atoms with Crippen molar-refractivity contribution in [1.82, 2.24) is 25.1 Å². The van der Waals surface area contributed by atoms with Crippen molar-refractivity contribution in [2.45, 2.75) is 128 Å². The van der Waals surface area contributed by atoms with Crippen LogP contribution in [0.2, 0.25) is 0 Å². The molecule has 3 amide bonds. The zero-order chi connectivity index (χ0) is 64.6. The molecule has 4 heterocycles. The van der Waals surface area contributed by atoms with E-state index in [1.165, 1.54) is 9.80 Å². The van der Waals surface area contributed by atoms with Crippen LogP contribution in [0.5, 0.6) is 23.0 Å². The average Bonchev–Trinajstić information content (AvgIpc) is 1.65. The first kappa shape index (κ1) is 65.7. The summed E-state index contributed by atoms with van der Waals surface area (Å²) in [6, 6.07) is 32.2. The summed E-state index contributed by atoms with van der Waals surface area (Å²) >= 11 is 0. The van der Waals surface area contributed by atoms with Gasteiger partial charge in [0.15, 0.2) is 0 Å². The van der Waals surface area contributed by atoms with E-state index in [2.05, 4.69) is 18.5 Å². The molecule has 2 aromatic heterocycles. The number of carboxylic acid groups (broad SMARTS) is 1. The lowest BCUT2D eigenvalue weighted by Crippen LogP contribution is -2.53. The molecule has 21 nitrogen and oxygen atoms in total. The number of likely N-dealkylation sites (tertiary alicyclic amines) is 2. The second kappa shape index (κ2) is 27.4. The molecule has 0 spiro atoms. The van der Waals surface area contributed by atoms with Gasteiger partial charge in [-0.25, -0.2) is 29.1 Å². The van der Waals surface area contributed by atoms with Crippen molar-refractivity contribution in [1.29, 1.82) is 0 Å². The van der Waals surface area contributed by atoms with Crippen molar-refractivity contribution in [2.75, 3.05) is 40.5 Å². The number of benzene rings is 4. The number of amides is 3. The summed E-state index contributed by atoms with van der Waals surface area (Å²) in [6.45, 7) is 22.2. The lowest BCUT2D eigenvalue weighted by Gasteiger charge is -2.28. The Labute approximate surface area is 518 Å². The molecule has 0 radical (unpaired) electrons. The van der Waals surface area contributed by atoms with Crippen LogP contribution in [0.3, 0.4) is 0 Å². The molecule has 10 rings (SSSR count). The van der Waals surface area contributed by atoms with Crippen LogP contribution >= 0.6 is 0 Å². The Kier molecular flexibility index (Phi) is 20.3. The molecule has 89 heavy (non-hydrogen) atoms. The molecule has 21 heteroatoms. The lowest BCUT2D eigenvalue weighted by molar-refractivity contribution is -0.149. The summed E-state index contributed by atoms with van der Waals surface area (Å²) in [5.41, 5.74) is 6.84. The number of carbonyl (C=O) groups excluding carboxylic acids is 5. The number of nitrogens with two attached hydrogens (primary N) is 1. The SMILES string of the molecule is C=C[C@@H]1C[C@]1(N)C(=O)OCC.C=C[C@@H]1C[C@]1(NC(=O)[C@@H]1C[C@@H](Oc2cc(-c3ccccc3)nc3cc(OC)ccc23)CN1C(=O)OC(C)(C)C)C(=O)OCC.COc1ccc2c(O[C@@H]3C[C@@H](C(=O)O)N(C(=O)OC(C)(C)C)C3)cc(-c3ccccc3)nc2c1. The molecule has 0 bridgehead atoms. The maximum atomic E-state index is 13.8. The summed E-state index contributed by atoms with van der Waals surface area (Å²) in [5.74, 6) is -0.0884. The third-order valence-corrected chi connectivity index (χ3v) is 15.3. The van der Waals surface area contributed by atoms with Crippen LogP contribution in [0.4, 0.5) is 9.59 Å². The third kappa shape index (κ3) is 15.7. The molecule has 0 unspecified atom stereocenters.